The van der Waals surface area contributed by atoms with Gasteiger partial charge in [0.2, 0.25) is 11.8 Å². The van der Waals surface area contributed by atoms with Crippen LogP contribution in [0.1, 0.15) is 85.4 Å². The van der Waals surface area contributed by atoms with Gasteiger partial charge in [-0.05, 0) is 56.4 Å². The number of fused-ring (bicyclic) bond motifs is 1. The number of carbonyl (C=O) groups is 3. The third-order valence-corrected chi connectivity index (χ3v) is 9.63. The van der Waals surface area contributed by atoms with Crippen molar-refractivity contribution in [3.63, 3.8) is 0 Å². The predicted octanol–water partition coefficient (Wildman–Crippen LogP) is 3.89. The monoisotopic (exact) mass is 501 g/mol. The highest BCUT2D eigenvalue weighted by Crippen LogP contribution is 2.37. The first-order valence-electron chi connectivity index (χ1n) is 13.6. The fraction of sp³-hybridized carbons (Fsp3) is 0.741. The Bertz CT molecular complexity index is 902. The fourth-order valence-electron chi connectivity index (χ4n) is 6.48. The van der Waals surface area contributed by atoms with E-state index in [1.54, 1.807) is 16.2 Å². The summed E-state index contributed by atoms with van der Waals surface area (Å²) in [5.41, 5.74) is 0.858. The first kappa shape index (κ1) is 24.8. The Morgan fingerprint density at radius 3 is 2.23 bits per heavy atom. The molecule has 4 aliphatic rings. The number of amides is 3. The molecule has 1 aromatic heterocycles. The molecule has 192 valence electrons. The molecular formula is C27H39N3O4S. The molecule has 1 aliphatic carbocycles. The van der Waals surface area contributed by atoms with Gasteiger partial charge in [0, 0.05) is 61.9 Å². The summed E-state index contributed by atoms with van der Waals surface area (Å²) >= 11 is 1.71. The van der Waals surface area contributed by atoms with Gasteiger partial charge in [0.1, 0.15) is 0 Å². The van der Waals surface area contributed by atoms with Crippen LogP contribution < -0.4 is 0 Å². The number of likely N-dealkylation sites (tertiary alicyclic amines) is 2. The van der Waals surface area contributed by atoms with Crippen molar-refractivity contribution in [2.45, 2.75) is 76.2 Å². The minimum absolute atomic E-state index is 0.0561. The molecule has 0 radical (unpaired) electrons. The van der Waals surface area contributed by atoms with Crippen molar-refractivity contribution in [3.8, 4) is 0 Å². The van der Waals surface area contributed by atoms with E-state index in [4.69, 9.17) is 4.74 Å². The summed E-state index contributed by atoms with van der Waals surface area (Å²) in [5, 5.41) is 2.05. The van der Waals surface area contributed by atoms with Crippen molar-refractivity contribution >= 4 is 29.1 Å². The first-order valence-corrected chi connectivity index (χ1v) is 14.5. The lowest BCUT2D eigenvalue weighted by Crippen LogP contribution is -2.49. The van der Waals surface area contributed by atoms with Gasteiger partial charge in [0.15, 0.2) is 0 Å². The standard InChI is InChI=1S/C27H39N3O4S/c31-25(7-8-26(32)29-14-16-34-17-15-29)28-12-9-21(10-13-28)24-18-22(19-35-24)27(33)30-11-3-5-20-4-1-2-6-23(20)30/h18-21,23H,1-17H2. The number of thiophene rings is 1. The molecule has 8 heteroatoms. The van der Waals surface area contributed by atoms with Crippen LogP contribution in [-0.2, 0) is 14.3 Å². The maximum atomic E-state index is 13.4. The molecule has 35 heavy (non-hydrogen) atoms. The normalized spacial score (nSPS) is 25.9. The van der Waals surface area contributed by atoms with Crippen molar-refractivity contribution < 1.29 is 19.1 Å². The van der Waals surface area contributed by atoms with Gasteiger partial charge in [-0.2, -0.15) is 0 Å². The molecule has 1 saturated carbocycles. The van der Waals surface area contributed by atoms with Gasteiger partial charge < -0.3 is 19.4 Å². The number of rotatable bonds is 5. The summed E-state index contributed by atoms with van der Waals surface area (Å²) in [6.07, 6.45) is 9.84. The highest BCUT2D eigenvalue weighted by molar-refractivity contribution is 7.10. The Morgan fingerprint density at radius 2 is 1.49 bits per heavy atom. The maximum Gasteiger partial charge on any atom is 0.254 e. The average Bonchev–Trinajstić information content (AvgIpc) is 3.42. The van der Waals surface area contributed by atoms with Crippen LogP contribution in [0.5, 0.6) is 0 Å². The van der Waals surface area contributed by atoms with Gasteiger partial charge in [-0.1, -0.05) is 12.8 Å². The highest BCUT2D eigenvalue weighted by atomic mass is 32.1. The molecular weight excluding hydrogens is 462 g/mol. The second-order valence-electron chi connectivity index (χ2n) is 10.6. The molecule has 0 bridgehead atoms. The molecule has 3 aliphatic heterocycles. The molecule has 0 aromatic carbocycles. The Morgan fingerprint density at radius 1 is 0.829 bits per heavy atom. The van der Waals surface area contributed by atoms with Crippen LogP contribution in [-0.4, -0.2) is 84.4 Å². The molecule has 3 saturated heterocycles. The molecule has 1 aromatic rings. The third-order valence-electron chi connectivity index (χ3n) is 8.54. The summed E-state index contributed by atoms with van der Waals surface area (Å²) in [7, 11) is 0. The van der Waals surface area contributed by atoms with E-state index in [0.29, 0.717) is 44.2 Å². The van der Waals surface area contributed by atoms with Gasteiger partial charge in [-0.15, -0.1) is 11.3 Å². The van der Waals surface area contributed by atoms with Crippen molar-refractivity contribution in [3.05, 3.63) is 21.9 Å². The second-order valence-corrected chi connectivity index (χ2v) is 11.6. The number of morpholine rings is 1. The molecule has 3 amide bonds. The lowest BCUT2D eigenvalue weighted by molar-refractivity contribution is -0.139. The van der Waals surface area contributed by atoms with Gasteiger partial charge in [-0.25, -0.2) is 0 Å². The molecule has 0 spiro atoms. The zero-order valence-corrected chi connectivity index (χ0v) is 21.6. The third kappa shape index (κ3) is 5.74. The second kappa shape index (κ2) is 11.4. The summed E-state index contributed by atoms with van der Waals surface area (Å²) in [6.45, 7) is 4.79. The zero-order valence-electron chi connectivity index (χ0n) is 20.8. The SMILES string of the molecule is O=C(CCC(=O)N1CCC(c2cc(C(=O)N3CCCC4CCCCC43)cs2)CC1)N1CCOCC1. The van der Waals surface area contributed by atoms with Crippen LogP contribution >= 0.6 is 11.3 Å². The molecule has 4 fully saturated rings. The lowest BCUT2D eigenvalue weighted by Gasteiger charge is -2.44. The van der Waals surface area contributed by atoms with E-state index in [1.165, 1.54) is 30.6 Å². The van der Waals surface area contributed by atoms with Crippen molar-refractivity contribution in [2.75, 3.05) is 45.9 Å². The Kier molecular flexibility index (Phi) is 8.07. The van der Waals surface area contributed by atoms with Crippen LogP contribution in [0.15, 0.2) is 11.4 Å². The van der Waals surface area contributed by atoms with E-state index in [2.05, 4.69) is 16.3 Å². The molecule has 4 heterocycles. The van der Waals surface area contributed by atoms with E-state index >= 15 is 0 Å². The van der Waals surface area contributed by atoms with Crippen LogP contribution in [0.3, 0.4) is 0 Å². The Balaban J connectivity index is 1.10. The minimum atomic E-state index is 0.0561. The van der Waals surface area contributed by atoms with Gasteiger partial charge in [-0.3, -0.25) is 14.4 Å². The number of hydrogen-bond donors (Lipinski definition) is 0. The van der Waals surface area contributed by atoms with Crippen molar-refractivity contribution in [2.24, 2.45) is 5.92 Å². The smallest absolute Gasteiger partial charge is 0.254 e. The molecule has 5 rings (SSSR count). The molecule has 0 N–H and O–H groups in total. The van der Waals surface area contributed by atoms with Crippen LogP contribution in [0.4, 0.5) is 0 Å². The van der Waals surface area contributed by atoms with E-state index in [-0.39, 0.29) is 30.6 Å². The van der Waals surface area contributed by atoms with Crippen LogP contribution in [0.25, 0.3) is 0 Å². The number of piperidine rings is 2. The first-order chi connectivity index (χ1) is 17.1. The van der Waals surface area contributed by atoms with E-state index in [1.807, 2.05) is 4.90 Å². The molecule has 2 atom stereocenters. The summed E-state index contributed by atoms with van der Waals surface area (Å²) in [5.74, 6) is 1.47. The number of hydrogen-bond acceptors (Lipinski definition) is 5. The predicted molar refractivity (Wildman–Crippen MR) is 136 cm³/mol. The quantitative estimate of drug-likeness (QED) is 0.614. The largest absolute Gasteiger partial charge is 0.378 e. The average molecular weight is 502 g/mol. The minimum Gasteiger partial charge on any atom is -0.378 e. The topological polar surface area (TPSA) is 70.2 Å². The lowest BCUT2D eigenvalue weighted by atomic mass is 9.78. The summed E-state index contributed by atoms with van der Waals surface area (Å²) in [4.78, 5) is 45.6. The fourth-order valence-corrected chi connectivity index (χ4v) is 7.53. The summed E-state index contributed by atoms with van der Waals surface area (Å²) < 4.78 is 5.29. The Labute approximate surface area is 212 Å². The zero-order chi connectivity index (χ0) is 24.2. The van der Waals surface area contributed by atoms with Crippen LogP contribution in [0, 0.1) is 5.92 Å². The molecule has 7 nitrogen and oxygen atoms in total. The van der Waals surface area contributed by atoms with Gasteiger partial charge in [0.25, 0.3) is 5.91 Å². The van der Waals surface area contributed by atoms with E-state index < -0.39 is 0 Å². The van der Waals surface area contributed by atoms with Crippen molar-refractivity contribution in [1.29, 1.82) is 0 Å². The highest BCUT2D eigenvalue weighted by Gasteiger charge is 2.36. The number of nitrogens with zero attached hydrogens (tertiary/aromatic N) is 3. The number of carbonyl (C=O) groups excluding carboxylic acids is 3. The number of ether oxygens (including phenoxy) is 1. The van der Waals surface area contributed by atoms with Crippen LogP contribution in [0.2, 0.25) is 0 Å². The van der Waals surface area contributed by atoms with Crippen molar-refractivity contribution in [1.82, 2.24) is 14.7 Å². The van der Waals surface area contributed by atoms with Gasteiger partial charge in [0.05, 0.1) is 18.8 Å². The van der Waals surface area contributed by atoms with E-state index in [0.717, 1.165) is 50.9 Å². The Hall–Kier alpha value is -1.93. The maximum absolute atomic E-state index is 13.4. The summed E-state index contributed by atoms with van der Waals surface area (Å²) in [6, 6.07) is 2.57. The van der Waals surface area contributed by atoms with E-state index in [9.17, 15) is 14.4 Å². The van der Waals surface area contributed by atoms with Gasteiger partial charge >= 0.3 is 0 Å². The molecule has 2 unspecified atom stereocenters.